The third-order valence-corrected chi connectivity index (χ3v) is 3.14. The van der Waals surface area contributed by atoms with Crippen molar-refractivity contribution in [1.29, 1.82) is 0 Å². The van der Waals surface area contributed by atoms with Crippen molar-refractivity contribution in [2.75, 3.05) is 17.7 Å². The Morgan fingerprint density at radius 3 is 2.22 bits per heavy atom. The minimum atomic E-state index is -0.311. The first-order valence-electron chi connectivity index (χ1n) is 7.22. The Morgan fingerprint density at radius 1 is 1.04 bits per heavy atom. The van der Waals surface area contributed by atoms with Gasteiger partial charge < -0.3 is 15.4 Å². The first-order chi connectivity index (χ1) is 11.0. The van der Waals surface area contributed by atoms with Crippen LogP contribution in [0.25, 0.3) is 0 Å². The minimum Gasteiger partial charge on any atom is -0.480 e. The maximum atomic E-state index is 12.2. The van der Waals surface area contributed by atoms with Crippen LogP contribution in [0.1, 0.15) is 24.2 Å². The van der Waals surface area contributed by atoms with Gasteiger partial charge in [0.2, 0.25) is 11.8 Å². The summed E-state index contributed by atoms with van der Waals surface area (Å²) in [4.78, 5) is 27.9. The number of benzene rings is 1. The summed E-state index contributed by atoms with van der Waals surface area (Å²) in [6, 6.07) is 10.2. The second-order valence-corrected chi connectivity index (χ2v) is 5.24. The molecule has 23 heavy (non-hydrogen) atoms. The number of ether oxygens (including phenoxy) is 1. The van der Waals surface area contributed by atoms with Crippen LogP contribution in [0.5, 0.6) is 5.88 Å². The summed E-state index contributed by atoms with van der Waals surface area (Å²) in [5.74, 6) is -0.186. The summed E-state index contributed by atoms with van der Waals surface area (Å²) < 4.78 is 5.07. The van der Waals surface area contributed by atoms with Crippen molar-refractivity contribution in [1.82, 2.24) is 4.98 Å². The monoisotopic (exact) mass is 313 g/mol. The molecule has 0 bridgehead atoms. The summed E-state index contributed by atoms with van der Waals surface area (Å²) >= 11 is 0. The lowest BCUT2D eigenvalue weighted by atomic mass is 10.2. The highest BCUT2D eigenvalue weighted by atomic mass is 16.5. The molecule has 1 aromatic heterocycles. The molecule has 0 fully saturated rings. The van der Waals surface area contributed by atoms with E-state index in [-0.39, 0.29) is 23.6 Å². The van der Waals surface area contributed by atoms with Crippen molar-refractivity contribution >= 4 is 23.2 Å². The van der Waals surface area contributed by atoms with E-state index in [0.29, 0.717) is 16.9 Å². The number of carbonyl (C=O) groups excluding carboxylic acids is 2. The molecular weight excluding hydrogens is 294 g/mol. The van der Waals surface area contributed by atoms with Gasteiger partial charge >= 0.3 is 0 Å². The lowest BCUT2D eigenvalue weighted by Gasteiger charge is -2.10. The maximum Gasteiger partial charge on any atom is 0.261 e. The number of pyridine rings is 1. The first-order valence-corrected chi connectivity index (χ1v) is 7.22. The molecule has 6 heteroatoms. The summed E-state index contributed by atoms with van der Waals surface area (Å²) in [6.07, 6.45) is 1.56. The number of rotatable bonds is 5. The Morgan fingerprint density at radius 2 is 1.65 bits per heavy atom. The van der Waals surface area contributed by atoms with Crippen LogP contribution in [0.15, 0.2) is 42.6 Å². The van der Waals surface area contributed by atoms with Crippen LogP contribution < -0.4 is 15.4 Å². The van der Waals surface area contributed by atoms with Crippen molar-refractivity contribution in [2.24, 2.45) is 5.92 Å². The van der Waals surface area contributed by atoms with Crippen molar-refractivity contribution in [2.45, 2.75) is 13.8 Å². The Labute approximate surface area is 134 Å². The van der Waals surface area contributed by atoms with Crippen molar-refractivity contribution in [3.05, 3.63) is 48.2 Å². The van der Waals surface area contributed by atoms with Crippen LogP contribution >= 0.6 is 0 Å². The number of carbonyl (C=O) groups is 2. The predicted molar refractivity (Wildman–Crippen MR) is 88.7 cm³/mol. The molecule has 0 aliphatic rings. The Bertz CT molecular complexity index is 696. The fourth-order valence-corrected chi connectivity index (χ4v) is 1.85. The predicted octanol–water partition coefficient (Wildman–Crippen LogP) is 2.94. The molecule has 0 aliphatic carbocycles. The molecule has 6 nitrogen and oxygen atoms in total. The highest BCUT2D eigenvalue weighted by Gasteiger charge is 2.13. The van der Waals surface area contributed by atoms with E-state index in [1.807, 2.05) is 13.8 Å². The van der Waals surface area contributed by atoms with E-state index in [9.17, 15) is 9.59 Å². The van der Waals surface area contributed by atoms with Gasteiger partial charge in [-0.2, -0.15) is 0 Å². The number of hydrogen-bond donors (Lipinski definition) is 2. The van der Waals surface area contributed by atoms with Gasteiger partial charge in [0.05, 0.1) is 7.11 Å². The molecule has 120 valence electrons. The van der Waals surface area contributed by atoms with Crippen LogP contribution in [-0.2, 0) is 4.79 Å². The summed E-state index contributed by atoms with van der Waals surface area (Å²) in [7, 11) is 1.46. The van der Waals surface area contributed by atoms with E-state index >= 15 is 0 Å². The molecule has 0 saturated carbocycles. The zero-order chi connectivity index (χ0) is 16.8. The second kappa shape index (κ2) is 7.40. The summed E-state index contributed by atoms with van der Waals surface area (Å²) in [5, 5.41) is 5.55. The number of methoxy groups -OCH3 is 1. The lowest BCUT2D eigenvalue weighted by molar-refractivity contribution is -0.118. The molecule has 0 saturated heterocycles. The normalized spacial score (nSPS) is 10.3. The average Bonchev–Trinajstić information content (AvgIpc) is 2.56. The van der Waals surface area contributed by atoms with Crippen molar-refractivity contribution in [3.63, 3.8) is 0 Å². The van der Waals surface area contributed by atoms with Gasteiger partial charge in [-0.05, 0) is 36.4 Å². The van der Waals surface area contributed by atoms with Gasteiger partial charge in [-0.3, -0.25) is 9.59 Å². The zero-order valence-corrected chi connectivity index (χ0v) is 13.3. The third-order valence-electron chi connectivity index (χ3n) is 3.14. The molecule has 2 amide bonds. The van der Waals surface area contributed by atoms with Crippen LogP contribution in [0.3, 0.4) is 0 Å². The molecule has 2 rings (SSSR count). The molecule has 2 aromatic rings. The van der Waals surface area contributed by atoms with Gasteiger partial charge in [0, 0.05) is 23.5 Å². The second-order valence-electron chi connectivity index (χ2n) is 5.24. The number of anilines is 2. The fourth-order valence-electron chi connectivity index (χ4n) is 1.85. The number of nitrogens with zero attached hydrogens (tertiary/aromatic N) is 1. The van der Waals surface area contributed by atoms with Gasteiger partial charge in [-0.15, -0.1) is 0 Å². The van der Waals surface area contributed by atoms with Crippen LogP contribution in [0, 0.1) is 5.92 Å². The smallest absolute Gasteiger partial charge is 0.261 e. The molecular formula is C17H19N3O3. The SMILES string of the molecule is COc1ncccc1C(=O)Nc1ccc(NC(=O)C(C)C)cc1. The molecule has 0 atom stereocenters. The number of aromatic nitrogens is 1. The molecule has 0 spiro atoms. The summed E-state index contributed by atoms with van der Waals surface area (Å²) in [5.41, 5.74) is 1.65. The van der Waals surface area contributed by atoms with E-state index in [0.717, 1.165) is 0 Å². The standard InChI is InChI=1S/C17H19N3O3/c1-11(2)15(21)19-12-6-8-13(9-7-12)20-16(22)14-5-4-10-18-17(14)23-3/h4-11H,1-3H3,(H,19,21)(H,20,22). The van der Waals surface area contributed by atoms with Gasteiger partial charge in [-0.1, -0.05) is 13.8 Å². The largest absolute Gasteiger partial charge is 0.480 e. The molecule has 0 unspecified atom stereocenters. The Kier molecular flexibility index (Phi) is 5.30. The number of hydrogen-bond acceptors (Lipinski definition) is 4. The number of nitrogens with one attached hydrogen (secondary N) is 2. The van der Waals surface area contributed by atoms with Gasteiger partial charge in [-0.25, -0.2) is 4.98 Å². The quantitative estimate of drug-likeness (QED) is 0.889. The Balaban J connectivity index is 2.06. The zero-order valence-electron chi connectivity index (χ0n) is 13.3. The highest BCUT2D eigenvalue weighted by molar-refractivity contribution is 6.06. The van der Waals surface area contributed by atoms with Crippen molar-refractivity contribution < 1.29 is 14.3 Å². The minimum absolute atomic E-state index is 0.0538. The maximum absolute atomic E-state index is 12.2. The molecule has 0 aliphatic heterocycles. The van der Waals surface area contributed by atoms with E-state index in [4.69, 9.17) is 4.74 Å². The lowest BCUT2D eigenvalue weighted by Crippen LogP contribution is -2.17. The van der Waals surface area contributed by atoms with Crippen LogP contribution in [-0.4, -0.2) is 23.9 Å². The Hall–Kier alpha value is -2.89. The fraction of sp³-hybridized carbons (Fsp3) is 0.235. The highest BCUT2D eigenvalue weighted by Crippen LogP contribution is 2.18. The van der Waals surface area contributed by atoms with E-state index in [1.54, 1.807) is 42.6 Å². The molecule has 1 heterocycles. The average molecular weight is 313 g/mol. The molecule has 0 radical (unpaired) electrons. The van der Waals surface area contributed by atoms with Crippen LogP contribution in [0.4, 0.5) is 11.4 Å². The first kappa shape index (κ1) is 16.5. The van der Waals surface area contributed by atoms with Crippen LogP contribution in [0.2, 0.25) is 0 Å². The van der Waals surface area contributed by atoms with E-state index in [2.05, 4.69) is 15.6 Å². The van der Waals surface area contributed by atoms with Gasteiger partial charge in [0.15, 0.2) is 0 Å². The topological polar surface area (TPSA) is 80.3 Å². The molecule has 1 aromatic carbocycles. The van der Waals surface area contributed by atoms with Crippen molar-refractivity contribution in [3.8, 4) is 5.88 Å². The third kappa shape index (κ3) is 4.29. The van der Waals surface area contributed by atoms with E-state index in [1.165, 1.54) is 7.11 Å². The van der Waals surface area contributed by atoms with Gasteiger partial charge in [0.25, 0.3) is 5.91 Å². The van der Waals surface area contributed by atoms with Gasteiger partial charge in [0.1, 0.15) is 5.56 Å². The molecule has 2 N–H and O–H groups in total. The summed E-state index contributed by atoms with van der Waals surface area (Å²) in [6.45, 7) is 3.65. The number of amides is 2. The van der Waals surface area contributed by atoms with E-state index < -0.39 is 0 Å².